The molecule has 1 heterocycles. The number of allylic oxidation sites excluding steroid dienone is 1. The highest BCUT2D eigenvalue weighted by atomic mass is 16.3. The van der Waals surface area contributed by atoms with E-state index in [-0.39, 0.29) is 0 Å². The summed E-state index contributed by atoms with van der Waals surface area (Å²) in [6, 6.07) is 3.83. The van der Waals surface area contributed by atoms with Gasteiger partial charge in [0.05, 0.1) is 11.8 Å². The second-order valence-corrected chi connectivity index (χ2v) is 3.14. The molecule has 0 radical (unpaired) electrons. The summed E-state index contributed by atoms with van der Waals surface area (Å²) < 4.78 is 0. The number of hydrogen-bond donors (Lipinski definition) is 1. The average molecular weight is 177 g/mol. The van der Waals surface area contributed by atoms with Crippen LogP contribution >= 0.6 is 0 Å². The molecule has 0 fully saturated rings. The largest absolute Gasteiger partial charge is 0.387 e. The van der Waals surface area contributed by atoms with Gasteiger partial charge in [-0.15, -0.1) is 6.58 Å². The maximum Gasteiger partial charge on any atom is 0.0962 e. The Labute approximate surface area is 78.9 Å². The molecule has 1 aromatic rings. The Kier molecular flexibility index (Phi) is 3.65. The third-order valence-electron chi connectivity index (χ3n) is 1.92. The van der Waals surface area contributed by atoms with E-state index in [2.05, 4.69) is 11.6 Å². The minimum Gasteiger partial charge on any atom is -0.387 e. The lowest BCUT2D eigenvalue weighted by molar-refractivity contribution is 0.164. The number of aromatic nitrogens is 1. The van der Waals surface area contributed by atoms with Crippen molar-refractivity contribution < 1.29 is 5.11 Å². The SMILES string of the molecule is C=CCCC(O)c1cc(C)ccn1. The Balaban J connectivity index is 2.65. The minimum absolute atomic E-state index is 0.460. The Morgan fingerprint density at radius 2 is 2.46 bits per heavy atom. The molecule has 1 rings (SSSR count). The van der Waals surface area contributed by atoms with Gasteiger partial charge >= 0.3 is 0 Å². The Bertz CT molecular complexity index is 283. The molecule has 0 aliphatic rings. The maximum atomic E-state index is 9.67. The van der Waals surface area contributed by atoms with Crippen LogP contribution in [0.3, 0.4) is 0 Å². The van der Waals surface area contributed by atoms with Crippen molar-refractivity contribution >= 4 is 0 Å². The highest BCUT2D eigenvalue weighted by Gasteiger charge is 2.06. The predicted octanol–water partition coefficient (Wildman–Crippen LogP) is 2.39. The minimum atomic E-state index is -0.460. The van der Waals surface area contributed by atoms with Gasteiger partial charge in [0.15, 0.2) is 0 Å². The van der Waals surface area contributed by atoms with Crippen LogP contribution in [0.25, 0.3) is 0 Å². The summed E-state index contributed by atoms with van der Waals surface area (Å²) in [5.41, 5.74) is 1.88. The molecule has 1 unspecified atom stereocenters. The molecule has 0 bridgehead atoms. The van der Waals surface area contributed by atoms with Crippen LogP contribution in [0, 0.1) is 6.92 Å². The highest BCUT2D eigenvalue weighted by Crippen LogP contribution is 2.16. The van der Waals surface area contributed by atoms with Crippen molar-refractivity contribution in [3.05, 3.63) is 42.2 Å². The van der Waals surface area contributed by atoms with Crippen molar-refractivity contribution in [3.8, 4) is 0 Å². The van der Waals surface area contributed by atoms with Gasteiger partial charge in [-0.25, -0.2) is 0 Å². The fourth-order valence-corrected chi connectivity index (χ4v) is 1.17. The average Bonchev–Trinajstić information content (AvgIpc) is 2.14. The summed E-state index contributed by atoms with van der Waals surface area (Å²) in [7, 11) is 0. The summed E-state index contributed by atoms with van der Waals surface area (Å²) in [6.45, 7) is 5.60. The normalized spacial score (nSPS) is 12.5. The van der Waals surface area contributed by atoms with Crippen LogP contribution in [0.5, 0.6) is 0 Å². The van der Waals surface area contributed by atoms with Gasteiger partial charge in [-0.1, -0.05) is 6.08 Å². The van der Waals surface area contributed by atoms with E-state index in [9.17, 15) is 5.11 Å². The Hall–Kier alpha value is -1.15. The first-order valence-electron chi connectivity index (χ1n) is 4.45. The second-order valence-electron chi connectivity index (χ2n) is 3.14. The quantitative estimate of drug-likeness (QED) is 0.716. The molecular formula is C11H15NO. The van der Waals surface area contributed by atoms with E-state index in [4.69, 9.17) is 0 Å². The summed E-state index contributed by atoms with van der Waals surface area (Å²) >= 11 is 0. The van der Waals surface area contributed by atoms with Crippen LogP contribution in [0.2, 0.25) is 0 Å². The third kappa shape index (κ3) is 2.99. The van der Waals surface area contributed by atoms with E-state index >= 15 is 0 Å². The molecule has 13 heavy (non-hydrogen) atoms. The van der Waals surface area contributed by atoms with Crippen LogP contribution in [0.4, 0.5) is 0 Å². The van der Waals surface area contributed by atoms with E-state index < -0.39 is 6.10 Å². The molecule has 0 aromatic carbocycles. The van der Waals surface area contributed by atoms with E-state index in [1.807, 2.05) is 19.1 Å². The number of rotatable bonds is 4. The van der Waals surface area contributed by atoms with Crippen molar-refractivity contribution in [2.24, 2.45) is 0 Å². The highest BCUT2D eigenvalue weighted by molar-refractivity contribution is 5.16. The fraction of sp³-hybridized carbons (Fsp3) is 0.364. The molecule has 0 amide bonds. The lowest BCUT2D eigenvalue weighted by Gasteiger charge is -2.08. The Morgan fingerprint density at radius 3 is 3.08 bits per heavy atom. The first kappa shape index (κ1) is 9.93. The number of aliphatic hydroxyl groups excluding tert-OH is 1. The maximum absolute atomic E-state index is 9.67. The molecule has 2 heteroatoms. The fourth-order valence-electron chi connectivity index (χ4n) is 1.17. The van der Waals surface area contributed by atoms with E-state index in [1.54, 1.807) is 12.3 Å². The summed E-state index contributed by atoms with van der Waals surface area (Å²) in [6.07, 6.45) is 4.58. The molecule has 1 N–H and O–H groups in total. The molecule has 0 saturated heterocycles. The topological polar surface area (TPSA) is 33.1 Å². The van der Waals surface area contributed by atoms with Gasteiger partial charge in [-0.3, -0.25) is 4.98 Å². The summed E-state index contributed by atoms with van der Waals surface area (Å²) in [4.78, 5) is 4.11. The molecule has 70 valence electrons. The molecular weight excluding hydrogens is 162 g/mol. The van der Waals surface area contributed by atoms with Gasteiger partial charge in [0.1, 0.15) is 0 Å². The van der Waals surface area contributed by atoms with Gasteiger partial charge in [-0.05, 0) is 37.5 Å². The van der Waals surface area contributed by atoms with Crippen molar-refractivity contribution in [3.63, 3.8) is 0 Å². The van der Waals surface area contributed by atoms with E-state index in [0.717, 1.165) is 17.7 Å². The van der Waals surface area contributed by atoms with E-state index in [1.165, 1.54) is 0 Å². The first-order chi connectivity index (χ1) is 6.24. The van der Waals surface area contributed by atoms with Crippen LogP contribution in [-0.2, 0) is 0 Å². The molecule has 2 nitrogen and oxygen atoms in total. The van der Waals surface area contributed by atoms with Crippen molar-refractivity contribution in [2.45, 2.75) is 25.9 Å². The summed E-state index contributed by atoms with van der Waals surface area (Å²) in [5.74, 6) is 0. The van der Waals surface area contributed by atoms with Gasteiger partial charge < -0.3 is 5.11 Å². The number of aryl methyl sites for hydroxylation is 1. The molecule has 0 saturated carbocycles. The zero-order valence-electron chi connectivity index (χ0n) is 7.90. The number of aliphatic hydroxyl groups is 1. The number of pyridine rings is 1. The monoisotopic (exact) mass is 177 g/mol. The van der Waals surface area contributed by atoms with Crippen molar-refractivity contribution in [1.29, 1.82) is 0 Å². The smallest absolute Gasteiger partial charge is 0.0962 e. The Morgan fingerprint density at radius 1 is 1.69 bits per heavy atom. The van der Waals surface area contributed by atoms with Gasteiger partial charge in [0, 0.05) is 6.20 Å². The van der Waals surface area contributed by atoms with Crippen LogP contribution in [-0.4, -0.2) is 10.1 Å². The molecule has 0 aliphatic carbocycles. The molecule has 0 spiro atoms. The van der Waals surface area contributed by atoms with E-state index in [0.29, 0.717) is 6.42 Å². The van der Waals surface area contributed by atoms with Crippen LogP contribution < -0.4 is 0 Å². The van der Waals surface area contributed by atoms with Crippen molar-refractivity contribution in [2.75, 3.05) is 0 Å². The van der Waals surface area contributed by atoms with Crippen molar-refractivity contribution in [1.82, 2.24) is 4.98 Å². The van der Waals surface area contributed by atoms with Gasteiger partial charge in [0.2, 0.25) is 0 Å². The zero-order valence-corrected chi connectivity index (χ0v) is 7.90. The third-order valence-corrected chi connectivity index (χ3v) is 1.92. The van der Waals surface area contributed by atoms with Crippen LogP contribution in [0.1, 0.15) is 30.2 Å². The van der Waals surface area contributed by atoms with Crippen LogP contribution in [0.15, 0.2) is 31.0 Å². The molecule has 1 aromatic heterocycles. The van der Waals surface area contributed by atoms with Gasteiger partial charge in [0.25, 0.3) is 0 Å². The lowest BCUT2D eigenvalue weighted by atomic mass is 10.1. The zero-order chi connectivity index (χ0) is 9.68. The second kappa shape index (κ2) is 4.77. The first-order valence-corrected chi connectivity index (χ1v) is 4.45. The lowest BCUT2D eigenvalue weighted by Crippen LogP contribution is -1.99. The standard InChI is InChI=1S/C11H15NO/c1-3-4-5-11(13)10-8-9(2)6-7-12-10/h3,6-8,11,13H,1,4-5H2,2H3. The number of nitrogens with zero attached hydrogens (tertiary/aromatic N) is 1. The molecule has 0 aliphatic heterocycles. The predicted molar refractivity (Wildman–Crippen MR) is 53.4 cm³/mol. The molecule has 1 atom stereocenters. The summed E-state index contributed by atoms with van der Waals surface area (Å²) in [5, 5.41) is 9.67. The number of hydrogen-bond acceptors (Lipinski definition) is 2. The van der Waals surface area contributed by atoms with Gasteiger partial charge in [-0.2, -0.15) is 0 Å².